The van der Waals surface area contributed by atoms with E-state index >= 15 is 0 Å². The van der Waals surface area contributed by atoms with Gasteiger partial charge in [0.05, 0.1) is 6.61 Å². The highest BCUT2D eigenvalue weighted by Crippen LogP contribution is 2.10. The summed E-state index contributed by atoms with van der Waals surface area (Å²) in [4.78, 5) is 18.3. The highest BCUT2D eigenvalue weighted by Gasteiger charge is 2.19. The third kappa shape index (κ3) is 5.65. The van der Waals surface area contributed by atoms with Crippen LogP contribution in [0.3, 0.4) is 0 Å². The lowest BCUT2D eigenvalue weighted by molar-refractivity contribution is -0.117. The molecule has 0 unspecified atom stereocenters. The molecule has 1 saturated heterocycles. The average Bonchev–Trinajstić information content (AvgIpc) is 2.53. The maximum absolute atomic E-state index is 11.9. The highest BCUT2D eigenvalue weighted by molar-refractivity contribution is 5.91. The molecule has 1 aliphatic heterocycles. The van der Waals surface area contributed by atoms with Crippen LogP contribution in [0, 0.1) is 0 Å². The fourth-order valence-corrected chi connectivity index (χ4v) is 2.42. The van der Waals surface area contributed by atoms with Gasteiger partial charge in [-0.1, -0.05) is 6.07 Å². The van der Waals surface area contributed by atoms with Crippen LogP contribution in [0.2, 0.25) is 0 Å². The molecule has 1 amide bonds. The molecule has 2 rings (SSSR count). The number of pyridine rings is 1. The Bertz CT molecular complexity index is 454. The molecule has 5 nitrogen and oxygen atoms in total. The molecule has 1 aliphatic rings. The number of hydrogen-bond acceptors (Lipinski definition) is 4. The van der Waals surface area contributed by atoms with Crippen LogP contribution < -0.4 is 5.32 Å². The van der Waals surface area contributed by atoms with Crippen molar-refractivity contribution in [1.29, 1.82) is 0 Å². The minimum Gasteiger partial charge on any atom is -0.383 e. The van der Waals surface area contributed by atoms with Crippen molar-refractivity contribution in [3.05, 3.63) is 36.2 Å². The van der Waals surface area contributed by atoms with Crippen LogP contribution in [0.4, 0.5) is 0 Å². The zero-order valence-electron chi connectivity index (χ0n) is 12.5. The normalized spacial score (nSPS) is 17.2. The zero-order valence-corrected chi connectivity index (χ0v) is 12.5. The molecule has 0 radical (unpaired) electrons. The molecule has 2 heterocycles. The maximum Gasteiger partial charge on any atom is 0.244 e. The van der Waals surface area contributed by atoms with Gasteiger partial charge in [-0.05, 0) is 30.5 Å². The van der Waals surface area contributed by atoms with Crippen LogP contribution in [0.1, 0.15) is 18.4 Å². The average molecular weight is 289 g/mol. The van der Waals surface area contributed by atoms with E-state index in [0.717, 1.165) is 44.6 Å². The number of ether oxygens (including phenoxy) is 1. The lowest BCUT2D eigenvalue weighted by Gasteiger charge is -2.31. The number of rotatable bonds is 6. The molecule has 1 aromatic rings. The number of nitrogens with zero attached hydrogens (tertiary/aromatic N) is 2. The third-order valence-electron chi connectivity index (χ3n) is 3.66. The summed E-state index contributed by atoms with van der Waals surface area (Å²) < 4.78 is 5.08. The Balaban J connectivity index is 1.71. The molecule has 1 aromatic heterocycles. The number of carbonyl (C=O) groups is 1. The van der Waals surface area contributed by atoms with Gasteiger partial charge in [-0.2, -0.15) is 0 Å². The van der Waals surface area contributed by atoms with Crippen molar-refractivity contribution in [2.24, 2.45) is 0 Å². The predicted octanol–water partition coefficient (Wildman–Crippen LogP) is 1.32. The Kier molecular flexibility index (Phi) is 6.37. The van der Waals surface area contributed by atoms with Gasteiger partial charge in [0.15, 0.2) is 0 Å². The first kappa shape index (κ1) is 15.7. The van der Waals surface area contributed by atoms with E-state index in [-0.39, 0.29) is 11.9 Å². The van der Waals surface area contributed by atoms with E-state index in [4.69, 9.17) is 4.74 Å². The van der Waals surface area contributed by atoms with Gasteiger partial charge in [-0.3, -0.25) is 9.78 Å². The summed E-state index contributed by atoms with van der Waals surface area (Å²) in [5, 5.41) is 3.06. The summed E-state index contributed by atoms with van der Waals surface area (Å²) in [6.07, 6.45) is 8.81. The van der Waals surface area contributed by atoms with Crippen LogP contribution in [0.25, 0.3) is 6.08 Å². The number of carbonyl (C=O) groups excluding carboxylic acids is 1. The number of aromatic nitrogens is 1. The lowest BCUT2D eigenvalue weighted by Crippen LogP contribution is -2.45. The largest absolute Gasteiger partial charge is 0.383 e. The predicted molar refractivity (Wildman–Crippen MR) is 82.8 cm³/mol. The number of methoxy groups -OCH3 is 1. The minimum absolute atomic E-state index is 0.0332. The Morgan fingerprint density at radius 1 is 1.52 bits per heavy atom. The van der Waals surface area contributed by atoms with Crippen molar-refractivity contribution in [2.75, 3.05) is 33.4 Å². The van der Waals surface area contributed by atoms with Crippen LogP contribution >= 0.6 is 0 Å². The molecule has 0 atom stereocenters. The van der Waals surface area contributed by atoms with Gasteiger partial charge in [-0.15, -0.1) is 0 Å². The number of amides is 1. The molecule has 0 bridgehead atoms. The van der Waals surface area contributed by atoms with Crippen molar-refractivity contribution in [3.8, 4) is 0 Å². The number of likely N-dealkylation sites (tertiary alicyclic amines) is 1. The van der Waals surface area contributed by atoms with Crippen LogP contribution in [-0.2, 0) is 9.53 Å². The third-order valence-corrected chi connectivity index (χ3v) is 3.66. The smallest absolute Gasteiger partial charge is 0.244 e. The molecule has 0 saturated carbocycles. The second-order valence-corrected chi connectivity index (χ2v) is 5.24. The van der Waals surface area contributed by atoms with Gasteiger partial charge in [0.1, 0.15) is 0 Å². The van der Waals surface area contributed by atoms with E-state index in [1.807, 2.05) is 12.1 Å². The van der Waals surface area contributed by atoms with Gasteiger partial charge >= 0.3 is 0 Å². The maximum atomic E-state index is 11.9. The number of piperidine rings is 1. The first-order valence-corrected chi connectivity index (χ1v) is 7.38. The highest BCUT2D eigenvalue weighted by atomic mass is 16.5. The summed E-state index contributed by atoms with van der Waals surface area (Å²) in [7, 11) is 1.72. The summed E-state index contributed by atoms with van der Waals surface area (Å²) in [6.45, 7) is 3.77. The van der Waals surface area contributed by atoms with Gasteiger partial charge in [0, 0.05) is 51.3 Å². The Hall–Kier alpha value is -1.72. The molecule has 0 aliphatic carbocycles. The van der Waals surface area contributed by atoms with Crippen molar-refractivity contribution in [2.45, 2.75) is 18.9 Å². The number of hydrogen-bond donors (Lipinski definition) is 1. The van der Waals surface area contributed by atoms with E-state index in [2.05, 4.69) is 15.2 Å². The van der Waals surface area contributed by atoms with E-state index in [1.54, 1.807) is 31.7 Å². The van der Waals surface area contributed by atoms with Gasteiger partial charge in [0.2, 0.25) is 5.91 Å². The van der Waals surface area contributed by atoms with Gasteiger partial charge < -0.3 is 15.0 Å². The molecule has 1 fully saturated rings. The number of nitrogens with one attached hydrogen (secondary N) is 1. The Morgan fingerprint density at radius 3 is 3.00 bits per heavy atom. The zero-order chi connectivity index (χ0) is 14.9. The van der Waals surface area contributed by atoms with Crippen molar-refractivity contribution >= 4 is 12.0 Å². The molecular formula is C16H23N3O2. The lowest BCUT2D eigenvalue weighted by atomic mass is 10.1. The Morgan fingerprint density at radius 2 is 2.33 bits per heavy atom. The van der Waals surface area contributed by atoms with Crippen molar-refractivity contribution in [3.63, 3.8) is 0 Å². The van der Waals surface area contributed by atoms with E-state index < -0.39 is 0 Å². The first-order chi connectivity index (χ1) is 10.3. The molecule has 5 heteroatoms. The second-order valence-electron chi connectivity index (χ2n) is 5.24. The van der Waals surface area contributed by atoms with Crippen LogP contribution in [-0.4, -0.2) is 55.2 Å². The molecule has 1 N–H and O–H groups in total. The quantitative estimate of drug-likeness (QED) is 0.803. The van der Waals surface area contributed by atoms with Crippen LogP contribution in [0.15, 0.2) is 30.6 Å². The summed E-state index contributed by atoms with van der Waals surface area (Å²) in [6, 6.07) is 4.05. The van der Waals surface area contributed by atoms with Crippen molar-refractivity contribution < 1.29 is 9.53 Å². The fourth-order valence-electron chi connectivity index (χ4n) is 2.42. The SMILES string of the molecule is COCCN1CCC(NC(=O)C=Cc2cccnc2)CC1. The minimum atomic E-state index is -0.0332. The monoisotopic (exact) mass is 289 g/mol. The van der Waals surface area contributed by atoms with Gasteiger partial charge in [0.25, 0.3) is 0 Å². The second kappa shape index (κ2) is 8.54. The molecular weight excluding hydrogens is 266 g/mol. The van der Waals surface area contributed by atoms with E-state index in [9.17, 15) is 4.79 Å². The molecule has 114 valence electrons. The summed E-state index contributed by atoms with van der Waals surface area (Å²) >= 11 is 0. The molecule has 21 heavy (non-hydrogen) atoms. The van der Waals surface area contributed by atoms with E-state index in [1.165, 1.54) is 0 Å². The van der Waals surface area contributed by atoms with Crippen molar-refractivity contribution in [1.82, 2.24) is 15.2 Å². The summed E-state index contributed by atoms with van der Waals surface area (Å²) in [5.41, 5.74) is 0.932. The molecule has 0 aromatic carbocycles. The van der Waals surface area contributed by atoms with Crippen LogP contribution in [0.5, 0.6) is 0 Å². The first-order valence-electron chi connectivity index (χ1n) is 7.38. The van der Waals surface area contributed by atoms with Gasteiger partial charge in [-0.25, -0.2) is 0 Å². The topological polar surface area (TPSA) is 54.5 Å². The molecule has 0 spiro atoms. The Labute approximate surface area is 126 Å². The summed E-state index contributed by atoms with van der Waals surface area (Å²) in [5.74, 6) is -0.0332. The fraction of sp³-hybridized carbons (Fsp3) is 0.500. The van der Waals surface area contributed by atoms with E-state index in [0.29, 0.717) is 0 Å². The standard InChI is InChI=1S/C16H23N3O2/c1-21-12-11-19-9-6-15(7-10-19)18-16(20)5-4-14-3-2-8-17-13-14/h2-5,8,13,15H,6-7,9-12H2,1H3,(H,18,20).